The van der Waals surface area contributed by atoms with Crippen molar-refractivity contribution in [2.24, 2.45) is 5.92 Å². The van der Waals surface area contributed by atoms with E-state index in [0.717, 1.165) is 12.7 Å². The van der Waals surface area contributed by atoms with Crippen LogP contribution in [0.3, 0.4) is 0 Å². The molecular weight excluding hydrogens is 136 g/mol. The van der Waals surface area contributed by atoms with E-state index in [-0.39, 0.29) is 5.92 Å². The molecule has 0 amide bonds. The van der Waals surface area contributed by atoms with Crippen LogP contribution in [-0.2, 0) is 4.79 Å². The zero-order chi connectivity index (χ0) is 8.53. The van der Waals surface area contributed by atoms with Gasteiger partial charge in [0.05, 0.1) is 0 Å². The number of carbonyl (C=O) groups excluding carboxylic acids is 1. The van der Waals surface area contributed by atoms with Gasteiger partial charge in [0.1, 0.15) is 6.29 Å². The average Bonchev–Trinajstić information content (AvgIpc) is 1.99. The summed E-state index contributed by atoms with van der Waals surface area (Å²) in [7, 11) is 0. The normalized spacial score (nSPS) is 12.2. The third-order valence-electron chi connectivity index (χ3n) is 1.25. The molecule has 0 spiro atoms. The largest absolute Gasteiger partial charge is 0.303 e. The second-order valence-electron chi connectivity index (χ2n) is 2.40. The number of carbonyl (C=O) groups is 1. The molecule has 0 N–H and O–H groups in total. The SMILES string of the molecule is C/C=C/CC#CC(C)CC=O. The molecule has 0 radical (unpaired) electrons. The molecule has 0 bridgehead atoms. The predicted octanol–water partition coefficient (Wildman–Crippen LogP) is 2.18. The topological polar surface area (TPSA) is 17.1 Å². The van der Waals surface area contributed by atoms with Gasteiger partial charge in [0.15, 0.2) is 0 Å². The fourth-order valence-corrected chi connectivity index (χ4v) is 0.613. The van der Waals surface area contributed by atoms with Crippen molar-refractivity contribution in [3.8, 4) is 11.8 Å². The maximum absolute atomic E-state index is 10.0. The van der Waals surface area contributed by atoms with Crippen molar-refractivity contribution >= 4 is 6.29 Å². The fraction of sp³-hybridized carbons (Fsp3) is 0.500. The molecule has 0 aromatic heterocycles. The van der Waals surface area contributed by atoms with Crippen molar-refractivity contribution in [1.82, 2.24) is 0 Å². The van der Waals surface area contributed by atoms with E-state index in [1.807, 2.05) is 26.0 Å². The molecule has 0 aromatic rings. The molecule has 0 fully saturated rings. The first-order chi connectivity index (χ1) is 5.31. The summed E-state index contributed by atoms with van der Waals surface area (Å²) in [5, 5.41) is 0. The summed E-state index contributed by atoms with van der Waals surface area (Å²) in [5.74, 6) is 6.17. The molecule has 11 heavy (non-hydrogen) atoms. The molecule has 0 aromatic carbocycles. The average molecular weight is 150 g/mol. The van der Waals surface area contributed by atoms with Crippen molar-refractivity contribution in [2.75, 3.05) is 0 Å². The van der Waals surface area contributed by atoms with E-state index >= 15 is 0 Å². The van der Waals surface area contributed by atoms with Crippen LogP contribution in [0.25, 0.3) is 0 Å². The van der Waals surface area contributed by atoms with Gasteiger partial charge in [0, 0.05) is 18.8 Å². The van der Waals surface area contributed by atoms with Crippen molar-refractivity contribution in [3.05, 3.63) is 12.2 Å². The highest BCUT2D eigenvalue weighted by atomic mass is 16.1. The Balaban J connectivity index is 3.58. The highest BCUT2D eigenvalue weighted by Crippen LogP contribution is 1.95. The molecule has 60 valence electrons. The van der Waals surface area contributed by atoms with Crippen LogP contribution in [0.1, 0.15) is 26.7 Å². The highest BCUT2D eigenvalue weighted by Gasteiger charge is 1.91. The minimum absolute atomic E-state index is 0.206. The number of allylic oxidation sites excluding steroid dienone is 2. The van der Waals surface area contributed by atoms with Crippen molar-refractivity contribution < 1.29 is 4.79 Å². The maximum atomic E-state index is 10.0. The molecule has 1 nitrogen and oxygen atoms in total. The van der Waals surface area contributed by atoms with E-state index in [4.69, 9.17) is 0 Å². The minimum atomic E-state index is 0.206. The van der Waals surface area contributed by atoms with Gasteiger partial charge in [-0.25, -0.2) is 0 Å². The summed E-state index contributed by atoms with van der Waals surface area (Å²) >= 11 is 0. The number of hydrogen-bond donors (Lipinski definition) is 0. The van der Waals surface area contributed by atoms with Crippen LogP contribution >= 0.6 is 0 Å². The van der Waals surface area contributed by atoms with E-state index in [2.05, 4.69) is 11.8 Å². The monoisotopic (exact) mass is 150 g/mol. The zero-order valence-corrected chi connectivity index (χ0v) is 7.13. The van der Waals surface area contributed by atoms with Gasteiger partial charge in [-0.1, -0.05) is 30.9 Å². The number of aldehydes is 1. The van der Waals surface area contributed by atoms with Crippen LogP contribution in [0, 0.1) is 17.8 Å². The Morgan fingerprint density at radius 3 is 2.82 bits per heavy atom. The number of hydrogen-bond acceptors (Lipinski definition) is 1. The maximum Gasteiger partial charge on any atom is 0.121 e. The van der Waals surface area contributed by atoms with Crippen LogP contribution in [0.15, 0.2) is 12.2 Å². The Labute approximate surface area is 68.5 Å². The predicted molar refractivity (Wildman–Crippen MR) is 47.1 cm³/mol. The fourth-order valence-electron chi connectivity index (χ4n) is 0.613. The molecule has 1 atom stereocenters. The van der Waals surface area contributed by atoms with Gasteiger partial charge >= 0.3 is 0 Å². The van der Waals surface area contributed by atoms with E-state index < -0.39 is 0 Å². The third-order valence-corrected chi connectivity index (χ3v) is 1.25. The lowest BCUT2D eigenvalue weighted by molar-refractivity contribution is -0.108. The number of rotatable bonds is 3. The first-order valence-corrected chi connectivity index (χ1v) is 3.84. The van der Waals surface area contributed by atoms with Crippen molar-refractivity contribution in [3.63, 3.8) is 0 Å². The summed E-state index contributed by atoms with van der Waals surface area (Å²) < 4.78 is 0. The molecule has 0 aliphatic rings. The Bertz CT molecular complexity index is 181. The van der Waals surface area contributed by atoms with Crippen molar-refractivity contribution in [2.45, 2.75) is 26.7 Å². The highest BCUT2D eigenvalue weighted by molar-refractivity contribution is 5.50. The van der Waals surface area contributed by atoms with Crippen LogP contribution < -0.4 is 0 Å². The van der Waals surface area contributed by atoms with Gasteiger partial charge in [-0.2, -0.15) is 0 Å². The molecule has 0 heterocycles. The van der Waals surface area contributed by atoms with E-state index in [1.165, 1.54) is 0 Å². The second-order valence-corrected chi connectivity index (χ2v) is 2.40. The molecule has 0 saturated carbocycles. The Kier molecular flexibility index (Phi) is 6.42. The van der Waals surface area contributed by atoms with Gasteiger partial charge in [-0.05, 0) is 6.92 Å². The smallest absolute Gasteiger partial charge is 0.121 e. The van der Waals surface area contributed by atoms with E-state index in [9.17, 15) is 4.79 Å². The van der Waals surface area contributed by atoms with Crippen LogP contribution in [0.2, 0.25) is 0 Å². The lowest BCUT2D eigenvalue weighted by Crippen LogP contribution is -1.89. The summed E-state index contributed by atoms with van der Waals surface area (Å²) in [4.78, 5) is 10.0. The molecule has 1 heteroatoms. The minimum Gasteiger partial charge on any atom is -0.303 e. The van der Waals surface area contributed by atoms with E-state index in [0.29, 0.717) is 6.42 Å². The zero-order valence-electron chi connectivity index (χ0n) is 7.13. The van der Waals surface area contributed by atoms with Crippen LogP contribution in [-0.4, -0.2) is 6.29 Å². The molecule has 0 aliphatic carbocycles. The molecule has 1 unspecified atom stereocenters. The summed E-state index contributed by atoms with van der Waals surface area (Å²) in [5.41, 5.74) is 0. The van der Waals surface area contributed by atoms with Gasteiger partial charge < -0.3 is 4.79 Å². The van der Waals surface area contributed by atoms with Gasteiger partial charge in [0.2, 0.25) is 0 Å². The molecule has 0 saturated heterocycles. The summed E-state index contributed by atoms with van der Waals surface area (Å²) in [6, 6.07) is 0. The third kappa shape index (κ3) is 6.86. The molecular formula is C10H14O. The van der Waals surface area contributed by atoms with Gasteiger partial charge in [-0.3, -0.25) is 0 Å². The van der Waals surface area contributed by atoms with Crippen molar-refractivity contribution in [1.29, 1.82) is 0 Å². The molecule has 0 aliphatic heterocycles. The lowest BCUT2D eigenvalue weighted by Gasteiger charge is -1.92. The van der Waals surface area contributed by atoms with Crippen LogP contribution in [0.4, 0.5) is 0 Å². The van der Waals surface area contributed by atoms with Gasteiger partial charge in [-0.15, -0.1) is 0 Å². The molecule has 0 rings (SSSR count). The lowest BCUT2D eigenvalue weighted by atomic mass is 10.1. The summed E-state index contributed by atoms with van der Waals surface area (Å²) in [6.45, 7) is 3.92. The Hall–Kier alpha value is -1.03. The Morgan fingerprint density at radius 2 is 2.27 bits per heavy atom. The Morgan fingerprint density at radius 1 is 1.55 bits per heavy atom. The van der Waals surface area contributed by atoms with Crippen LogP contribution in [0.5, 0.6) is 0 Å². The summed E-state index contributed by atoms with van der Waals surface area (Å²) in [6.07, 6.45) is 6.22. The van der Waals surface area contributed by atoms with Gasteiger partial charge in [0.25, 0.3) is 0 Å². The van der Waals surface area contributed by atoms with E-state index in [1.54, 1.807) is 0 Å². The first kappa shape index (κ1) is 9.97. The standard InChI is InChI=1S/C10H14O/c1-3-4-5-6-7-10(2)8-9-11/h3-4,9-10H,5,8H2,1-2H3/b4-3+. The quantitative estimate of drug-likeness (QED) is 0.342. The first-order valence-electron chi connectivity index (χ1n) is 3.84. The second kappa shape index (κ2) is 7.08.